The van der Waals surface area contributed by atoms with Crippen LogP contribution in [0.15, 0.2) is 48.5 Å². The maximum atomic E-state index is 12.0. The standard InChI is InChI=1S/C18H16ClN3O6/c1-11(17(24)21-14-7-5-13(19)6-8-14)28-16(23)10-20-18(25)12-3-2-4-15(9-12)22(26)27/h2-9,11H,10H2,1H3,(H,20,25)(H,21,24)/t11-/m1/s1. The maximum Gasteiger partial charge on any atom is 0.326 e. The number of nitro groups is 1. The Kier molecular flexibility index (Phi) is 7.05. The largest absolute Gasteiger partial charge is 0.451 e. The summed E-state index contributed by atoms with van der Waals surface area (Å²) in [6.07, 6.45) is -1.10. The number of nitro benzene ring substituents is 1. The zero-order valence-electron chi connectivity index (χ0n) is 14.7. The predicted molar refractivity (Wildman–Crippen MR) is 101 cm³/mol. The smallest absolute Gasteiger partial charge is 0.326 e. The van der Waals surface area contributed by atoms with Gasteiger partial charge in [-0.2, -0.15) is 0 Å². The van der Waals surface area contributed by atoms with Crippen LogP contribution in [0.2, 0.25) is 5.02 Å². The molecule has 10 heteroatoms. The van der Waals surface area contributed by atoms with E-state index in [1.807, 2.05) is 0 Å². The Morgan fingerprint density at radius 1 is 1.18 bits per heavy atom. The Hall–Kier alpha value is -3.46. The molecule has 146 valence electrons. The number of halogens is 1. The number of hydrogen-bond acceptors (Lipinski definition) is 6. The molecule has 2 aromatic carbocycles. The highest BCUT2D eigenvalue weighted by Gasteiger charge is 2.19. The van der Waals surface area contributed by atoms with E-state index in [1.165, 1.54) is 25.1 Å². The van der Waals surface area contributed by atoms with Gasteiger partial charge in [-0.15, -0.1) is 0 Å². The fourth-order valence-corrected chi connectivity index (χ4v) is 2.21. The van der Waals surface area contributed by atoms with Crippen LogP contribution >= 0.6 is 11.6 Å². The second kappa shape index (κ2) is 9.47. The molecule has 0 heterocycles. The van der Waals surface area contributed by atoms with Crippen molar-refractivity contribution in [3.8, 4) is 0 Å². The number of amides is 2. The zero-order chi connectivity index (χ0) is 20.7. The molecule has 0 saturated heterocycles. The zero-order valence-corrected chi connectivity index (χ0v) is 15.4. The number of ether oxygens (including phenoxy) is 1. The van der Waals surface area contributed by atoms with Crippen molar-refractivity contribution in [2.24, 2.45) is 0 Å². The lowest BCUT2D eigenvalue weighted by atomic mass is 10.2. The molecule has 9 nitrogen and oxygen atoms in total. The van der Waals surface area contributed by atoms with Crippen LogP contribution in [-0.2, 0) is 14.3 Å². The molecule has 0 unspecified atom stereocenters. The summed E-state index contributed by atoms with van der Waals surface area (Å²) in [5.41, 5.74) is 0.259. The summed E-state index contributed by atoms with van der Waals surface area (Å²) in [5, 5.41) is 16.1. The van der Waals surface area contributed by atoms with Gasteiger partial charge in [0.2, 0.25) is 0 Å². The number of non-ortho nitro benzene ring substituents is 1. The first kappa shape index (κ1) is 20.8. The molecule has 0 saturated carbocycles. The summed E-state index contributed by atoms with van der Waals surface area (Å²) in [6.45, 7) is 0.881. The Morgan fingerprint density at radius 3 is 2.50 bits per heavy atom. The van der Waals surface area contributed by atoms with Crippen LogP contribution in [0.1, 0.15) is 17.3 Å². The van der Waals surface area contributed by atoms with Gasteiger partial charge in [-0.05, 0) is 37.3 Å². The third-order valence-electron chi connectivity index (χ3n) is 3.50. The van der Waals surface area contributed by atoms with Crippen molar-refractivity contribution in [2.45, 2.75) is 13.0 Å². The summed E-state index contributed by atoms with van der Waals surface area (Å²) in [7, 11) is 0. The van der Waals surface area contributed by atoms with Crippen molar-refractivity contribution in [3.63, 3.8) is 0 Å². The Bertz CT molecular complexity index is 900. The van der Waals surface area contributed by atoms with E-state index in [2.05, 4.69) is 10.6 Å². The first-order valence-corrected chi connectivity index (χ1v) is 8.42. The van der Waals surface area contributed by atoms with Crippen LogP contribution in [0.25, 0.3) is 0 Å². The summed E-state index contributed by atoms with van der Waals surface area (Å²) in [6, 6.07) is 11.4. The van der Waals surface area contributed by atoms with Crippen LogP contribution < -0.4 is 10.6 Å². The first-order chi connectivity index (χ1) is 13.3. The van der Waals surface area contributed by atoms with E-state index in [1.54, 1.807) is 24.3 Å². The van der Waals surface area contributed by atoms with Gasteiger partial charge in [0.15, 0.2) is 6.10 Å². The third-order valence-corrected chi connectivity index (χ3v) is 3.75. The number of rotatable bonds is 7. The minimum Gasteiger partial charge on any atom is -0.451 e. The lowest BCUT2D eigenvalue weighted by molar-refractivity contribution is -0.384. The summed E-state index contributed by atoms with van der Waals surface area (Å²) in [4.78, 5) is 45.9. The fourth-order valence-electron chi connectivity index (χ4n) is 2.08. The van der Waals surface area contributed by atoms with Gasteiger partial charge in [-0.25, -0.2) is 0 Å². The van der Waals surface area contributed by atoms with Gasteiger partial charge in [0.25, 0.3) is 17.5 Å². The number of anilines is 1. The lowest BCUT2D eigenvalue weighted by Crippen LogP contribution is -2.35. The number of esters is 1. The van der Waals surface area contributed by atoms with Gasteiger partial charge in [0.1, 0.15) is 6.54 Å². The van der Waals surface area contributed by atoms with Crippen LogP contribution in [0.4, 0.5) is 11.4 Å². The number of nitrogens with one attached hydrogen (secondary N) is 2. The number of hydrogen-bond donors (Lipinski definition) is 2. The molecule has 0 spiro atoms. The van der Waals surface area contributed by atoms with Gasteiger partial charge in [0.05, 0.1) is 4.92 Å². The van der Waals surface area contributed by atoms with Crippen molar-refractivity contribution in [3.05, 3.63) is 69.2 Å². The van der Waals surface area contributed by atoms with Crippen molar-refractivity contribution in [1.29, 1.82) is 0 Å². The minimum absolute atomic E-state index is 0.0236. The summed E-state index contributed by atoms with van der Waals surface area (Å²) < 4.78 is 4.96. The van der Waals surface area contributed by atoms with E-state index in [0.29, 0.717) is 10.7 Å². The maximum absolute atomic E-state index is 12.0. The second-order valence-corrected chi connectivity index (χ2v) is 6.05. The lowest BCUT2D eigenvalue weighted by Gasteiger charge is -2.14. The molecule has 1 atom stereocenters. The summed E-state index contributed by atoms with van der Waals surface area (Å²) in [5.74, 6) is -2.07. The van der Waals surface area contributed by atoms with Gasteiger partial charge in [0, 0.05) is 28.4 Å². The second-order valence-electron chi connectivity index (χ2n) is 5.62. The molecule has 0 aliphatic carbocycles. The monoisotopic (exact) mass is 405 g/mol. The van der Waals surface area contributed by atoms with E-state index < -0.39 is 35.4 Å². The van der Waals surface area contributed by atoms with Crippen molar-refractivity contribution < 1.29 is 24.0 Å². The fraction of sp³-hybridized carbons (Fsp3) is 0.167. The van der Waals surface area contributed by atoms with Crippen LogP contribution in [0.5, 0.6) is 0 Å². The molecule has 2 amide bonds. The highest BCUT2D eigenvalue weighted by atomic mass is 35.5. The summed E-state index contributed by atoms with van der Waals surface area (Å²) >= 11 is 5.76. The van der Waals surface area contributed by atoms with Gasteiger partial charge in [-0.1, -0.05) is 17.7 Å². The minimum atomic E-state index is -1.10. The number of nitrogens with zero attached hydrogens (tertiary/aromatic N) is 1. The molecule has 0 aromatic heterocycles. The van der Waals surface area contributed by atoms with Crippen LogP contribution in [0, 0.1) is 10.1 Å². The van der Waals surface area contributed by atoms with E-state index in [9.17, 15) is 24.5 Å². The highest BCUT2D eigenvalue weighted by molar-refractivity contribution is 6.30. The normalized spacial score (nSPS) is 11.2. The Labute approximate surface area is 164 Å². The van der Waals surface area contributed by atoms with Gasteiger partial charge < -0.3 is 15.4 Å². The molecule has 2 rings (SSSR count). The molecule has 2 N–H and O–H groups in total. The molecule has 0 bridgehead atoms. The van der Waals surface area contributed by atoms with Crippen molar-refractivity contribution >= 4 is 40.8 Å². The van der Waals surface area contributed by atoms with E-state index >= 15 is 0 Å². The number of benzene rings is 2. The van der Waals surface area contributed by atoms with E-state index in [0.717, 1.165) is 6.07 Å². The molecule has 0 fully saturated rings. The number of carbonyl (C=O) groups excluding carboxylic acids is 3. The topological polar surface area (TPSA) is 128 Å². The third kappa shape index (κ3) is 6.06. The average Bonchev–Trinajstić information content (AvgIpc) is 2.67. The van der Waals surface area contributed by atoms with Gasteiger partial charge in [-0.3, -0.25) is 24.5 Å². The molecule has 0 aliphatic heterocycles. The molecule has 0 aliphatic rings. The molecular weight excluding hydrogens is 390 g/mol. The quantitative estimate of drug-likeness (QED) is 0.414. The van der Waals surface area contributed by atoms with Crippen molar-refractivity contribution in [2.75, 3.05) is 11.9 Å². The molecule has 2 aromatic rings. The first-order valence-electron chi connectivity index (χ1n) is 8.05. The highest BCUT2D eigenvalue weighted by Crippen LogP contribution is 2.14. The molecule has 28 heavy (non-hydrogen) atoms. The van der Waals surface area contributed by atoms with E-state index in [4.69, 9.17) is 16.3 Å². The molecular formula is C18H16ClN3O6. The predicted octanol–water partition coefficient (Wildman–Crippen LogP) is 2.55. The van der Waals surface area contributed by atoms with Crippen LogP contribution in [0.3, 0.4) is 0 Å². The number of carbonyl (C=O) groups is 3. The van der Waals surface area contributed by atoms with Crippen molar-refractivity contribution in [1.82, 2.24) is 5.32 Å². The molecule has 0 radical (unpaired) electrons. The van der Waals surface area contributed by atoms with Gasteiger partial charge >= 0.3 is 5.97 Å². The van der Waals surface area contributed by atoms with Crippen LogP contribution in [-0.4, -0.2) is 35.4 Å². The Balaban J connectivity index is 1.83. The SMILES string of the molecule is C[C@@H](OC(=O)CNC(=O)c1cccc([N+](=O)[O-])c1)C(=O)Nc1ccc(Cl)cc1. The average molecular weight is 406 g/mol. The Morgan fingerprint density at radius 2 is 1.86 bits per heavy atom. The van der Waals surface area contributed by atoms with E-state index in [-0.39, 0.29) is 11.3 Å².